The van der Waals surface area contributed by atoms with Crippen molar-refractivity contribution >= 4 is 51.1 Å². The Balaban J connectivity index is 1.82. The van der Waals surface area contributed by atoms with Crippen LogP contribution in [0.5, 0.6) is 0 Å². The van der Waals surface area contributed by atoms with Gasteiger partial charge in [-0.25, -0.2) is 0 Å². The summed E-state index contributed by atoms with van der Waals surface area (Å²) in [6.45, 7) is 2.75. The zero-order valence-corrected chi connectivity index (χ0v) is 22.2. The van der Waals surface area contributed by atoms with Gasteiger partial charge in [0, 0.05) is 34.8 Å². The summed E-state index contributed by atoms with van der Waals surface area (Å²) in [5, 5.41) is 3.60. The summed E-state index contributed by atoms with van der Waals surface area (Å²) in [7, 11) is 0. The average molecular weight is 560 g/mol. The van der Waals surface area contributed by atoms with Gasteiger partial charge in [-0.3, -0.25) is 9.59 Å². The lowest BCUT2D eigenvalue weighted by molar-refractivity contribution is -0.139. The molecule has 0 spiro atoms. The van der Waals surface area contributed by atoms with E-state index in [1.54, 1.807) is 4.90 Å². The van der Waals surface area contributed by atoms with E-state index in [4.69, 9.17) is 11.6 Å². The van der Waals surface area contributed by atoms with E-state index in [0.717, 1.165) is 21.2 Å². The lowest BCUT2D eigenvalue weighted by Gasteiger charge is -2.31. The molecule has 0 saturated carbocycles. The van der Waals surface area contributed by atoms with Crippen LogP contribution >= 0.6 is 39.3 Å². The van der Waals surface area contributed by atoms with Gasteiger partial charge in [0.15, 0.2) is 0 Å². The summed E-state index contributed by atoms with van der Waals surface area (Å²) in [4.78, 5) is 28.4. The van der Waals surface area contributed by atoms with Crippen LogP contribution in [0.2, 0.25) is 5.02 Å². The highest BCUT2D eigenvalue weighted by atomic mass is 79.9. The number of hydrogen-bond donors (Lipinski definition) is 1. The van der Waals surface area contributed by atoms with Gasteiger partial charge in [-0.2, -0.15) is 0 Å². The van der Waals surface area contributed by atoms with Crippen LogP contribution < -0.4 is 5.32 Å². The van der Waals surface area contributed by atoms with Crippen molar-refractivity contribution in [3.63, 3.8) is 0 Å². The van der Waals surface area contributed by atoms with Gasteiger partial charge in [-0.05, 0) is 47.9 Å². The van der Waals surface area contributed by atoms with Gasteiger partial charge in [0.2, 0.25) is 11.8 Å². The second-order valence-corrected chi connectivity index (χ2v) is 10.2. The number of rotatable bonds is 11. The molecule has 0 fully saturated rings. The Morgan fingerprint density at radius 2 is 1.68 bits per heavy atom. The molecule has 1 unspecified atom stereocenters. The van der Waals surface area contributed by atoms with Gasteiger partial charge in [-0.1, -0.05) is 82.1 Å². The van der Waals surface area contributed by atoms with E-state index in [2.05, 4.69) is 21.2 Å². The second-order valence-electron chi connectivity index (χ2n) is 7.87. The summed E-state index contributed by atoms with van der Waals surface area (Å²) in [6, 6.07) is 24.7. The summed E-state index contributed by atoms with van der Waals surface area (Å²) in [5.41, 5.74) is 3.04. The molecule has 0 bridgehead atoms. The third-order valence-corrected chi connectivity index (χ3v) is 6.96. The van der Waals surface area contributed by atoms with Crippen LogP contribution in [-0.4, -0.2) is 35.1 Å². The molecule has 0 saturated heterocycles. The maximum absolute atomic E-state index is 13.5. The van der Waals surface area contributed by atoms with Crippen molar-refractivity contribution in [2.75, 3.05) is 12.3 Å². The minimum atomic E-state index is -0.611. The second kappa shape index (κ2) is 13.6. The summed E-state index contributed by atoms with van der Waals surface area (Å²) in [6.07, 6.45) is 0.450. The molecule has 1 atom stereocenters. The zero-order chi connectivity index (χ0) is 24.3. The third kappa shape index (κ3) is 8.19. The molecule has 178 valence electrons. The van der Waals surface area contributed by atoms with Gasteiger partial charge in [0.1, 0.15) is 6.04 Å². The van der Waals surface area contributed by atoms with E-state index >= 15 is 0 Å². The fourth-order valence-electron chi connectivity index (χ4n) is 3.64. The molecular weight excluding hydrogens is 532 g/mol. The summed E-state index contributed by atoms with van der Waals surface area (Å²) < 4.78 is 0.936. The molecule has 0 aromatic heterocycles. The van der Waals surface area contributed by atoms with Crippen molar-refractivity contribution in [2.45, 2.75) is 31.7 Å². The van der Waals surface area contributed by atoms with E-state index in [1.807, 2.05) is 85.8 Å². The predicted molar refractivity (Wildman–Crippen MR) is 145 cm³/mol. The average Bonchev–Trinajstić information content (AvgIpc) is 2.82. The van der Waals surface area contributed by atoms with Crippen LogP contribution in [0.25, 0.3) is 0 Å². The molecule has 3 aromatic carbocycles. The Morgan fingerprint density at radius 3 is 2.38 bits per heavy atom. The highest BCUT2D eigenvalue weighted by Gasteiger charge is 2.30. The van der Waals surface area contributed by atoms with Crippen LogP contribution in [0.3, 0.4) is 0 Å². The predicted octanol–water partition coefficient (Wildman–Crippen LogP) is 6.11. The lowest BCUT2D eigenvalue weighted by Crippen LogP contribution is -2.51. The topological polar surface area (TPSA) is 49.4 Å². The number of thioether (sulfide) groups is 1. The highest BCUT2D eigenvalue weighted by molar-refractivity contribution is 9.10. The van der Waals surface area contributed by atoms with Crippen LogP contribution in [0.4, 0.5) is 0 Å². The Morgan fingerprint density at radius 1 is 0.971 bits per heavy atom. The first kappa shape index (κ1) is 26.3. The number of nitrogens with one attached hydrogen (secondary N) is 1. The van der Waals surface area contributed by atoms with Crippen LogP contribution in [-0.2, 0) is 28.3 Å². The number of carbonyl (C=O) groups excluding carboxylic acids is 2. The largest absolute Gasteiger partial charge is 0.355 e. The van der Waals surface area contributed by atoms with Crippen molar-refractivity contribution in [3.8, 4) is 0 Å². The maximum Gasteiger partial charge on any atom is 0.243 e. The standard InChI is InChI=1S/C27H28BrClN2O2S/c1-2-30-27(33)25(16-20-8-4-3-5-9-20)31(17-21-10-6-12-23(28)14-21)26(32)19-34-18-22-11-7-13-24(29)15-22/h3-15,25H,2,16-19H2,1H3,(H,30,33). The molecule has 3 aromatic rings. The van der Waals surface area contributed by atoms with Gasteiger partial charge in [0.25, 0.3) is 0 Å². The molecule has 0 aliphatic heterocycles. The number of halogens is 2. The number of benzene rings is 3. The molecular formula is C27H28BrClN2O2S. The lowest BCUT2D eigenvalue weighted by atomic mass is 10.0. The van der Waals surface area contributed by atoms with Gasteiger partial charge in [-0.15, -0.1) is 11.8 Å². The quantitative estimate of drug-likeness (QED) is 0.308. The van der Waals surface area contributed by atoms with E-state index in [1.165, 1.54) is 11.8 Å². The number of amides is 2. The van der Waals surface area contributed by atoms with Crippen molar-refractivity contribution in [2.24, 2.45) is 0 Å². The SMILES string of the molecule is CCNC(=O)C(Cc1ccccc1)N(Cc1cccc(Br)c1)C(=O)CSCc1cccc(Cl)c1. The molecule has 0 aliphatic rings. The Kier molecular flexibility index (Phi) is 10.5. The fourth-order valence-corrected chi connectivity index (χ4v) is 5.16. The molecule has 2 amide bonds. The maximum atomic E-state index is 13.5. The van der Waals surface area contributed by atoms with E-state index in [9.17, 15) is 9.59 Å². The first-order valence-electron chi connectivity index (χ1n) is 11.1. The monoisotopic (exact) mass is 558 g/mol. The van der Waals surface area contributed by atoms with Gasteiger partial charge < -0.3 is 10.2 Å². The Labute approximate surface area is 219 Å². The molecule has 34 heavy (non-hydrogen) atoms. The molecule has 0 heterocycles. The molecule has 1 N–H and O–H groups in total. The smallest absolute Gasteiger partial charge is 0.243 e. The van der Waals surface area contributed by atoms with Crippen molar-refractivity contribution in [1.82, 2.24) is 10.2 Å². The number of hydrogen-bond acceptors (Lipinski definition) is 3. The van der Waals surface area contributed by atoms with E-state index in [-0.39, 0.29) is 17.6 Å². The van der Waals surface area contributed by atoms with Crippen LogP contribution in [0.15, 0.2) is 83.3 Å². The number of nitrogens with zero attached hydrogens (tertiary/aromatic N) is 1. The highest BCUT2D eigenvalue weighted by Crippen LogP contribution is 2.21. The van der Waals surface area contributed by atoms with Crippen molar-refractivity contribution in [3.05, 3.63) is 105 Å². The molecule has 3 rings (SSSR count). The van der Waals surface area contributed by atoms with Gasteiger partial charge in [0.05, 0.1) is 5.75 Å². The molecule has 4 nitrogen and oxygen atoms in total. The fraction of sp³-hybridized carbons (Fsp3) is 0.259. The number of carbonyl (C=O) groups is 2. The first-order valence-corrected chi connectivity index (χ1v) is 13.5. The zero-order valence-electron chi connectivity index (χ0n) is 19.0. The first-order chi connectivity index (χ1) is 16.5. The normalized spacial score (nSPS) is 11.6. The van der Waals surface area contributed by atoms with Crippen LogP contribution in [0.1, 0.15) is 23.6 Å². The van der Waals surface area contributed by atoms with Crippen molar-refractivity contribution in [1.29, 1.82) is 0 Å². The molecule has 0 aliphatic carbocycles. The minimum Gasteiger partial charge on any atom is -0.355 e. The molecule has 0 radical (unpaired) electrons. The minimum absolute atomic E-state index is 0.0702. The Bertz CT molecular complexity index is 1100. The summed E-state index contributed by atoms with van der Waals surface area (Å²) in [5.74, 6) is 0.723. The van der Waals surface area contributed by atoms with Crippen LogP contribution in [0, 0.1) is 0 Å². The summed E-state index contributed by atoms with van der Waals surface area (Å²) >= 11 is 11.1. The third-order valence-electron chi connectivity index (χ3n) is 5.25. The number of likely N-dealkylation sites (N-methyl/N-ethyl adjacent to an activating group) is 1. The van der Waals surface area contributed by atoms with E-state index < -0.39 is 6.04 Å². The molecule has 7 heteroatoms. The van der Waals surface area contributed by atoms with Gasteiger partial charge >= 0.3 is 0 Å². The Hall–Kier alpha value is -2.28. The van der Waals surface area contributed by atoms with E-state index in [0.29, 0.717) is 30.3 Å². The van der Waals surface area contributed by atoms with Crippen molar-refractivity contribution < 1.29 is 9.59 Å².